The Morgan fingerprint density at radius 2 is 1.79 bits per heavy atom. The van der Waals surface area contributed by atoms with Crippen molar-refractivity contribution in [1.29, 1.82) is 0 Å². The van der Waals surface area contributed by atoms with E-state index in [0.717, 1.165) is 22.4 Å². The molecule has 0 saturated carbocycles. The van der Waals surface area contributed by atoms with E-state index in [0.29, 0.717) is 46.5 Å². The van der Waals surface area contributed by atoms with Gasteiger partial charge < -0.3 is 20.2 Å². The van der Waals surface area contributed by atoms with Gasteiger partial charge in [-0.2, -0.15) is 0 Å². The third-order valence-electron chi connectivity index (χ3n) is 7.90. The molecule has 3 N–H and O–H groups in total. The fourth-order valence-corrected chi connectivity index (χ4v) is 6.19. The molecule has 0 radical (unpaired) electrons. The van der Waals surface area contributed by atoms with Crippen molar-refractivity contribution < 1.29 is 23.9 Å². The number of aryl methyl sites for hydroxylation is 2. The molecular formula is C35H39ClN6O5Si. The number of ether oxygens (including phenoxy) is 1. The fourth-order valence-electron chi connectivity index (χ4n) is 5.47. The van der Waals surface area contributed by atoms with Crippen molar-refractivity contribution in [3.05, 3.63) is 106 Å². The van der Waals surface area contributed by atoms with Crippen LogP contribution in [0, 0.1) is 6.92 Å². The lowest BCUT2D eigenvalue weighted by atomic mass is 10.00. The standard InChI is InChI=1S/C35H39ClN6O5Si/c1-22-40-41-34-30(39-33(24-11-13-26(36)14-12-24)29-18-28(47-2)15-16-31(29)42(22)34)19-32(44)37-20-27(43)10-6-8-23-7-5-9-25(17-23)35(45)38-21-48(3,4)46/h5,7,9,11-18,30,46H,6,8,10,19-21H2,1-4H3,(H,37,44)(H,38,45)/t30-/m0/s1. The van der Waals surface area contributed by atoms with E-state index in [1.54, 1.807) is 50.5 Å². The summed E-state index contributed by atoms with van der Waals surface area (Å²) >= 11 is 6.19. The largest absolute Gasteiger partial charge is 0.497 e. The number of benzene rings is 3. The number of methoxy groups -OCH3 is 1. The van der Waals surface area contributed by atoms with E-state index < -0.39 is 14.4 Å². The summed E-state index contributed by atoms with van der Waals surface area (Å²) in [5.41, 5.74) is 4.51. The molecule has 0 spiro atoms. The molecule has 1 aromatic heterocycles. The van der Waals surface area contributed by atoms with Gasteiger partial charge in [0.15, 0.2) is 11.6 Å². The second kappa shape index (κ2) is 15.1. The maximum atomic E-state index is 13.2. The molecule has 0 bridgehead atoms. The molecule has 48 heavy (non-hydrogen) atoms. The van der Waals surface area contributed by atoms with Gasteiger partial charge in [0.05, 0.1) is 31.5 Å². The van der Waals surface area contributed by atoms with Crippen LogP contribution in [-0.4, -0.2) is 71.0 Å². The third-order valence-corrected chi connectivity index (χ3v) is 9.20. The van der Waals surface area contributed by atoms with Crippen molar-refractivity contribution >= 4 is 43.2 Å². The first kappa shape index (κ1) is 34.7. The summed E-state index contributed by atoms with van der Waals surface area (Å²) in [4.78, 5) is 53.5. The SMILES string of the molecule is COc1ccc2c(c1)C(c1ccc(Cl)cc1)=N[C@@H](CC(=O)NCC(=O)CCCc1cccc(C(=O)NC[Si](C)(C)O)c1)c1nnc(C)n1-2. The summed E-state index contributed by atoms with van der Waals surface area (Å²) < 4.78 is 7.42. The van der Waals surface area contributed by atoms with Crippen LogP contribution >= 0.6 is 11.6 Å². The van der Waals surface area contributed by atoms with E-state index in [2.05, 4.69) is 20.8 Å². The number of aromatic nitrogens is 3. The van der Waals surface area contributed by atoms with Crippen LogP contribution in [0.2, 0.25) is 18.1 Å². The molecule has 1 atom stereocenters. The molecule has 5 rings (SSSR count). The average Bonchev–Trinajstić information content (AvgIpc) is 3.39. The molecule has 2 heterocycles. The van der Waals surface area contributed by atoms with Gasteiger partial charge in [0, 0.05) is 34.3 Å². The molecular weight excluding hydrogens is 648 g/mol. The molecule has 1 aliphatic heterocycles. The Hall–Kier alpha value is -4.65. The Bertz CT molecular complexity index is 1850. The molecule has 1 aliphatic rings. The number of fused-ring (bicyclic) bond motifs is 3. The Labute approximate surface area is 285 Å². The van der Waals surface area contributed by atoms with Crippen LogP contribution in [0.4, 0.5) is 0 Å². The minimum Gasteiger partial charge on any atom is -0.497 e. The van der Waals surface area contributed by atoms with Crippen molar-refractivity contribution in [3.63, 3.8) is 0 Å². The minimum absolute atomic E-state index is 0.0432. The van der Waals surface area contributed by atoms with Crippen molar-refractivity contribution in [2.75, 3.05) is 19.8 Å². The first-order chi connectivity index (χ1) is 22.9. The number of hydrogen-bond donors (Lipinski definition) is 3. The smallest absolute Gasteiger partial charge is 0.251 e. The monoisotopic (exact) mass is 686 g/mol. The van der Waals surface area contributed by atoms with Crippen LogP contribution in [0.3, 0.4) is 0 Å². The maximum Gasteiger partial charge on any atom is 0.251 e. The lowest BCUT2D eigenvalue weighted by Gasteiger charge is -2.15. The number of halogens is 1. The molecule has 3 aromatic carbocycles. The zero-order chi connectivity index (χ0) is 34.4. The van der Waals surface area contributed by atoms with E-state index in [1.807, 2.05) is 47.9 Å². The molecule has 0 aliphatic carbocycles. The number of carbonyl (C=O) groups is 3. The van der Waals surface area contributed by atoms with E-state index in [-0.39, 0.29) is 43.2 Å². The Morgan fingerprint density at radius 1 is 1.02 bits per heavy atom. The third kappa shape index (κ3) is 8.62. The molecule has 0 unspecified atom stereocenters. The van der Waals surface area contributed by atoms with Gasteiger partial charge in [-0.05, 0) is 80.9 Å². The zero-order valence-corrected chi connectivity index (χ0v) is 29.2. The number of nitrogens with one attached hydrogen (secondary N) is 2. The molecule has 11 nitrogen and oxygen atoms in total. The summed E-state index contributed by atoms with van der Waals surface area (Å²) in [6.07, 6.45) is 1.67. The lowest BCUT2D eigenvalue weighted by Crippen LogP contribution is -2.42. The van der Waals surface area contributed by atoms with Crippen molar-refractivity contribution in [2.24, 2.45) is 4.99 Å². The Balaban J connectivity index is 1.23. The first-order valence-corrected chi connectivity index (χ1v) is 19.3. The molecule has 250 valence electrons. The van der Waals surface area contributed by atoms with Crippen molar-refractivity contribution in [1.82, 2.24) is 25.4 Å². The van der Waals surface area contributed by atoms with E-state index >= 15 is 0 Å². The summed E-state index contributed by atoms with van der Waals surface area (Å²) in [7, 11) is -0.803. The van der Waals surface area contributed by atoms with Crippen LogP contribution in [0.25, 0.3) is 5.69 Å². The molecule has 0 saturated heterocycles. The average molecular weight is 687 g/mol. The second-order valence-electron chi connectivity index (χ2n) is 12.4. The zero-order valence-electron chi connectivity index (χ0n) is 27.4. The van der Waals surface area contributed by atoms with Crippen LogP contribution in [0.1, 0.15) is 64.0 Å². The number of Topliss-reactive ketones (excluding diaryl/α,β-unsaturated/α-hetero) is 1. The van der Waals surface area contributed by atoms with Gasteiger partial charge in [0.1, 0.15) is 17.6 Å². The highest BCUT2D eigenvalue weighted by molar-refractivity contribution is 6.70. The number of nitrogens with zero attached hydrogens (tertiary/aromatic N) is 4. The number of hydrogen-bond acceptors (Lipinski definition) is 8. The van der Waals surface area contributed by atoms with Crippen molar-refractivity contribution in [2.45, 2.75) is 51.7 Å². The number of amides is 2. The van der Waals surface area contributed by atoms with Crippen LogP contribution in [-0.2, 0) is 16.0 Å². The van der Waals surface area contributed by atoms with Gasteiger partial charge in [-0.15, -0.1) is 10.2 Å². The second-order valence-corrected chi connectivity index (χ2v) is 16.8. The quantitative estimate of drug-likeness (QED) is 0.173. The molecule has 4 aromatic rings. The van der Waals surface area contributed by atoms with Gasteiger partial charge in [-0.25, -0.2) is 0 Å². The van der Waals surface area contributed by atoms with E-state index in [9.17, 15) is 19.2 Å². The Morgan fingerprint density at radius 3 is 2.52 bits per heavy atom. The van der Waals surface area contributed by atoms with Crippen molar-refractivity contribution in [3.8, 4) is 11.4 Å². The van der Waals surface area contributed by atoms with Crippen LogP contribution < -0.4 is 15.4 Å². The first-order valence-electron chi connectivity index (χ1n) is 15.7. The lowest BCUT2D eigenvalue weighted by molar-refractivity contribution is -0.125. The number of ketones is 1. The van der Waals surface area contributed by atoms with Crippen LogP contribution in [0.5, 0.6) is 5.75 Å². The number of aliphatic imine (C=N–C) groups is 1. The van der Waals surface area contributed by atoms with Gasteiger partial charge in [0.25, 0.3) is 5.91 Å². The highest BCUT2D eigenvalue weighted by Gasteiger charge is 2.30. The topological polar surface area (TPSA) is 148 Å². The number of rotatable bonds is 13. The summed E-state index contributed by atoms with van der Waals surface area (Å²) in [6, 6.07) is 19.6. The predicted molar refractivity (Wildman–Crippen MR) is 187 cm³/mol. The van der Waals surface area contributed by atoms with E-state index in [1.165, 1.54) is 0 Å². The van der Waals surface area contributed by atoms with E-state index in [4.69, 9.17) is 21.3 Å². The van der Waals surface area contributed by atoms with Gasteiger partial charge in [-0.3, -0.25) is 23.9 Å². The summed E-state index contributed by atoms with van der Waals surface area (Å²) in [5.74, 6) is 1.14. The Kier molecular flexibility index (Phi) is 10.9. The minimum atomic E-state index is -2.40. The summed E-state index contributed by atoms with van der Waals surface area (Å²) in [5, 5.41) is 14.8. The molecule has 2 amide bonds. The summed E-state index contributed by atoms with van der Waals surface area (Å²) in [6.45, 7) is 5.26. The fraction of sp³-hybridized carbons (Fsp3) is 0.314. The van der Waals surface area contributed by atoms with Gasteiger partial charge in [0.2, 0.25) is 14.2 Å². The highest BCUT2D eigenvalue weighted by Crippen LogP contribution is 2.34. The van der Waals surface area contributed by atoms with Crippen LogP contribution in [0.15, 0.2) is 71.7 Å². The molecule has 0 fully saturated rings. The maximum absolute atomic E-state index is 13.2. The number of carbonyl (C=O) groups excluding carboxylic acids is 3. The normalized spacial score (nSPS) is 13.9. The van der Waals surface area contributed by atoms with Gasteiger partial charge in [-0.1, -0.05) is 35.9 Å². The molecule has 13 heteroatoms. The predicted octanol–water partition coefficient (Wildman–Crippen LogP) is 4.69. The highest BCUT2D eigenvalue weighted by atomic mass is 35.5. The van der Waals surface area contributed by atoms with Gasteiger partial charge >= 0.3 is 0 Å².